The van der Waals surface area contributed by atoms with Gasteiger partial charge < -0.3 is 0 Å². The van der Waals surface area contributed by atoms with Crippen LogP contribution in [0.2, 0.25) is 0 Å². The van der Waals surface area contributed by atoms with Crippen molar-refractivity contribution in [2.75, 3.05) is 6.54 Å². The quantitative estimate of drug-likeness (QED) is 0.631. The number of rotatable bonds is 3. The van der Waals surface area contributed by atoms with Crippen molar-refractivity contribution in [3.8, 4) is 6.07 Å². The van der Waals surface area contributed by atoms with Gasteiger partial charge in [-0.15, -0.1) is 0 Å². The normalized spacial score (nSPS) is 25.0. The molecule has 5 nitrogen and oxygen atoms in total. The van der Waals surface area contributed by atoms with E-state index in [9.17, 15) is 0 Å². The molecule has 5 heteroatoms. The standard InChI is InChI=1S/C10H13N5/c11-4-9-7-14-15-10(9)13-6-8-2-1-3-12-5-8/h1-3,5,9-10,13-15H,6-7H2. The fourth-order valence-corrected chi connectivity index (χ4v) is 1.54. The summed E-state index contributed by atoms with van der Waals surface area (Å²) in [6, 6.07) is 6.15. The molecule has 1 saturated heterocycles. The molecule has 1 aliphatic rings. The van der Waals surface area contributed by atoms with Crippen LogP contribution in [0.3, 0.4) is 0 Å². The van der Waals surface area contributed by atoms with Gasteiger partial charge in [0.1, 0.15) is 0 Å². The molecule has 0 radical (unpaired) electrons. The highest BCUT2D eigenvalue weighted by molar-refractivity contribution is 5.08. The van der Waals surface area contributed by atoms with Gasteiger partial charge >= 0.3 is 0 Å². The molecule has 2 unspecified atom stereocenters. The Morgan fingerprint density at radius 3 is 3.33 bits per heavy atom. The maximum atomic E-state index is 8.85. The zero-order valence-corrected chi connectivity index (χ0v) is 8.27. The summed E-state index contributed by atoms with van der Waals surface area (Å²) < 4.78 is 0. The lowest BCUT2D eigenvalue weighted by molar-refractivity contribution is 0.421. The van der Waals surface area contributed by atoms with Crippen molar-refractivity contribution < 1.29 is 0 Å². The Balaban J connectivity index is 1.86. The Morgan fingerprint density at radius 2 is 2.60 bits per heavy atom. The van der Waals surface area contributed by atoms with Gasteiger partial charge in [-0.3, -0.25) is 15.7 Å². The molecule has 2 heterocycles. The molecule has 1 aromatic rings. The smallest absolute Gasteiger partial charge is 0.0898 e. The molecule has 15 heavy (non-hydrogen) atoms. The number of pyridine rings is 1. The summed E-state index contributed by atoms with van der Waals surface area (Å²) in [6.07, 6.45) is 3.57. The summed E-state index contributed by atoms with van der Waals surface area (Å²) in [6.45, 7) is 1.40. The minimum atomic E-state index is -0.0262. The van der Waals surface area contributed by atoms with Crippen LogP contribution in [0, 0.1) is 17.2 Å². The van der Waals surface area contributed by atoms with Crippen molar-refractivity contribution >= 4 is 0 Å². The molecule has 2 rings (SSSR count). The van der Waals surface area contributed by atoms with E-state index in [-0.39, 0.29) is 12.1 Å². The van der Waals surface area contributed by atoms with E-state index in [4.69, 9.17) is 5.26 Å². The van der Waals surface area contributed by atoms with E-state index in [1.165, 1.54) is 0 Å². The first-order valence-electron chi connectivity index (χ1n) is 4.90. The summed E-state index contributed by atoms with van der Waals surface area (Å²) >= 11 is 0. The van der Waals surface area contributed by atoms with Gasteiger partial charge in [0, 0.05) is 25.5 Å². The van der Waals surface area contributed by atoms with Crippen molar-refractivity contribution in [1.82, 2.24) is 21.2 Å². The lowest BCUT2D eigenvalue weighted by Crippen LogP contribution is -2.43. The van der Waals surface area contributed by atoms with Gasteiger partial charge in [-0.2, -0.15) is 5.26 Å². The molecule has 0 aliphatic carbocycles. The molecule has 1 aromatic heterocycles. The first-order valence-corrected chi connectivity index (χ1v) is 4.90. The third-order valence-electron chi connectivity index (χ3n) is 2.40. The fourth-order valence-electron chi connectivity index (χ4n) is 1.54. The SMILES string of the molecule is N#CC1CNNC1NCc1cccnc1. The molecule has 2 atom stereocenters. The number of hydrazine groups is 1. The molecule has 78 valence electrons. The zero-order valence-electron chi connectivity index (χ0n) is 8.27. The molecular formula is C10H13N5. The van der Waals surface area contributed by atoms with Crippen LogP contribution >= 0.6 is 0 Å². The predicted molar refractivity (Wildman–Crippen MR) is 55.1 cm³/mol. The van der Waals surface area contributed by atoms with E-state index in [0.717, 1.165) is 5.56 Å². The molecule has 3 N–H and O–H groups in total. The lowest BCUT2D eigenvalue weighted by Gasteiger charge is -2.14. The minimum absolute atomic E-state index is 0.00945. The maximum Gasteiger partial charge on any atom is 0.0898 e. The fraction of sp³-hybridized carbons (Fsp3) is 0.400. The van der Waals surface area contributed by atoms with Gasteiger partial charge in [0.2, 0.25) is 0 Å². The predicted octanol–water partition coefficient (Wildman–Crippen LogP) is -0.255. The highest BCUT2D eigenvalue weighted by atomic mass is 15.5. The molecule has 1 aliphatic heterocycles. The van der Waals surface area contributed by atoms with Gasteiger partial charge in [0.25, 0.3) is 0 Å². The van der Waals surface area contributed by atoms with Gasteiger partial charge in [0.15, 0.2) is 0 Å². The molecule has 0 saturated carbocycles. The van der Waals surface area contributed by atoms with E-state index in [2.05, 4.69) is 27.2 Å². The van der Waals surface area contributed by atoms with Crippen LogP contribution in [0.15, 0.2) is 24.5 Å². The van der Waals surface area contributed by atoms with Crippen molar-refractivity contribution in [2.45, 2.75) is 12.7 Å². The molecule has 0 spiro atoms. The van der Waals surface area contributed by atoms with E-state index in [1.807, 2.05) is 18.3 Å². The third kappa shape index (κ3) is 2.50. The van der Waals surface area contributed by atoms with Crippen molar-refractivity contribution in [3.63, 3.8) is 0 Å². The van der Waals surface area contributed by atoms with Crippen molar-refractivity contribution in [1.29, 1.82) is 5.26 Å². The van der Waals surface area contributed by atoms with E-state index in [1.54, 1.807) is 6.20 Å². The number of hydrogen-bond acceptors (Lipinski definition) is 5. The highest BCUT2D eigenvalue weighted by Crippen LogP contribution is 2.04. The molecule has 0 amide bonds. The van der Waals surface area contributed by atoms with Crippen LogP contribution in [0.25, 0.3) is 0 Å². The minimum Gasteiger partial charge on any atom is -0.296 e. The maximum absolute atomic E-state index is 8.85. The Bertz CT molecular complexity index is 345. The van der Waals surface area contributed by atoms with Gasteiger partial charge in [-0.1, -0.05) is 6.07 Å². The van der Waals surface area contributed by atoms with Crippen LogP contribution in [-0.4, -0.2) is 17.7 Å². The third-order valence-corrected chi connectivity index (χ3v) is 2.40. The van der Waals surface area contributed by atoms with Crippen LogP contribution in [0.4, 0.5) is 0 Å². The average molecular weight is 203 g/mol. The lowest BCUT2D eigenvalue weighted by atomic mass is 10.1. The van der Waals surface area contributed by atoms with Crippen LogP contribution in [0.1, 0.15) is 5.56 Å². The molecular weight excluding hydrogens is 190 g/mol. The summed E-state index contributed by atoms with van der Waals surface area (Å²) in [5, 5.41) is 12.1. The summed E-state index contributed by atoms with van der Waals surface area (Å²) in [5.74, 6) is -0.0262. The Kier molecular flexibility index (Phi) is 3.25. The summed E-state index contributed by atoms with van der Waals surface area (Å²) in [7, 11) is 0. The Morgan fingerprint density at radius 1 is 1.67 bits per heavy atom. The monoisotopic (exact) mass is 203 g/mol. The Hall–Kier alpha value is -1.48. The van der Waals surface area contributed by atoms with Gasteiger partial charge in [-0.25, -0.2) is 5.43 Å². The molecule has 1 fully saturated rings. The first kappa shape index (κ1) is 10.1. The molecule has 0 aromatic carbocycles. The number of aromatic nitrogens is 1. The van der Waals surface area contributed by atoms with E-state index < -0.39 is 0 Å². The van der Waals surface area contributed by atoms with E-state index in [0.29, 0.717) is 13.1 Å². The number of nitriles is 1. The first-order chi connectivity index (χ1) is 7.40. The summed E-state index contributed by atoms with van der Waals surface area (Å²) in [5.41, 5.74) is 7.10. The number of nitrogens with zero attached hydrogens (tertiary/aromatic N) is 2. The topological polar surface area (TPSA) is 72.8 Å². The summed E-state index contributed by atoms with van der Waals surface area (Å²) in [4.78, 5) is 4.03. The second-order valence-electron chi connectivity index (χ2n) is 3.48. The number of nitrogens with one attached hydrogen (secondary N) is 3. The second-order valence-corrected chi connectivity index (χ2v) is 3.48. The van der Waals surface area contributed by atoms with Crippen molar-refractivity contribution in [3.05, 3.63) is 30.1 Å². The largest absolute Gasteiger partial charge is 0.296 e. The molecule has 0 bridgehead atoms. The van der Waals surface area contributed by atoms with Crippen LogP contribution in [-0.2, 0) is 6.54 Å². The van der Waals surface area contributed by atoms with E-state index >= 15 is 0 Å². The number of hydrogen-bond donors (Lipinski definition) is 3. The highest BCUT2D eigenvalue weighted by Gasteiger charge is 2.25. The van der Waals surface area contributed by atoms with Crippen LogP contribution in [0.5, 0.6) is 0 Å². The second kappa shape index (κ2) is 4.84. The van der Waals surface area contributed by atoms with Crippen LogP contribution < -0.4 is 16.2 Å². The average Bonchev–Trinajstić information content (AvgIpc) is 2.75. The Labute approximate surface area is 88.5 Å². The van der Waals surface area contributed by atoms with Gasteiger partial charge in [-0.05, 0) is 11.6 Å². The zero-order chi connectivity index (χ0) is 10.5. The van der Waals surface area contributed by atoms with Crippen molar-refractivity contribution in [2.24, 2.45) is 5.92 Å². The van der Waals surface area contributed by atoms with Gasteiger partial charge in [0.05, 0.1) is 18.2 Å².